The Kier molecular flexibility index (Phi) is 5.49. The summed E-state index contributed by atoms with van der Waals surface area (Å²) in [5.74, 6) is 0.777. The Hall–Kier alpha value is -1.46. The van der Waals surface area contributed by atoms with E-state index in [1.807, 2.05) is 0 Å². The predicted octanol–water partition coefficient (Wildman–Crippen LogP) is 2.47. The van der Waals surface area contributed by atoms with Crippen molar-refractivity contribution in [3.63, 3.8) is 0 Å². The van der Waals surface area contributed by atoms with Crippen LogP contribution < -0.4 is 11.1 Å². The summed E-state index contributed by atoms with van der Waals surface area (Å²) < 4.78 is 5.49. The first kappa shape index (κ1) is 14.9. The molecular weight excluding hydrogens is 272 g/mol. The maximum atomic E-state index is 11.7. The first-order chi connectivity index (χ1) is 9.65. The number of carbonyl (C=O) groups excluding carboxylic acids is 1. The highest BCUT2D eigenvalue weighted by molar-refractivity contribution is 7.80. The second-order valence-electron chi connectivity index (χ2n) is 5.11. The van der Waals surface area contributed by atoms with E-state index in [1.54, 1.807) is 24.3 Å². The first-order valence-corrected chi connectivity index (χ1v) is 7.33. The van der Waals surface area contributed by atoms with Crippen molar-refractivity contribution < 1.29 is 9.53 Å². The van der Waals surface area contributed by atoms with Crippen LogP contribution in [-0.4, -0.2) is 24.1 Å². The predicted molar refractivity (Wildman–Crippen MR) is 83.7 cm³/mol. The Morgan fingerprint density at radius 3 is 2.65 bits per heavy atom. The number of benzene rings is 1. The van der Waals surface area contributed by atoms with Crippen molar-refractivity contribution in [2.45, 2.75) is 25.7 Å². The van der Waals surface area contributed by atoms with E-state index in [0.717, 1.165) is 30.2 Å². The average molecular weight is 292 g/mol. The van der Waals surface area contributed by atoms with E-state index in [4.69, 9.17) is 22.7 Å². The molecule has 1 fully saturated rings. The van der Waals surface area contributed by atoms with Crippen LogP contribution in [0.4, 0.5) is 5.69 Å². The number of rotatable bonds is 8. The van der Waals surface area contributed by atoms with Crippen molar-refractivity contribution in [1.29, 1.82) is 0 Å². The van der Waals surface area contributed by atoms with Gasteiger partial charge in [0.1, 0.15) is 4.99 Å². The summed E-state index contributed by atoms with van der Waals surface area (Å²) in [6.07, 6.45) is 3.82. The standard InChI is InChI=1S/C15H20N2O2S/c16-15(20)12-5-7-13(8-6-12)17-14(18)2-1-9-19-10-11-3-4-11/h5-8,11H,1-4,9-10H2,(H2,16,20)(H,17,18). The Bertz CT molecular complexity index is 469. The summed E-state index contributed by atoms with van der Waals surface area (Å²) in [7, 11) is 0. The second-order valence-corrected chi connectivity index (χ2v) is 5.55. The highest BCUT2D eigenvalue weighted by atomic mass is 32.1. The molecule has 0 atom stereocenters. The van der Waals surface area contributed by atoms with Gasteiger partial charge >= 0.3 is 0 Å². The lowest BCUT2D eigenvalue weighted by Gasteiger charge is -2.06. The molecule has 1 aromatic carbocycles. The fourth-order valence-corrected chi connectivity index (χ4v) is 1.95. The van der Waals surface area contributed by atoms with Gasteiger partial charge in [-0.05, 0) is 49.4 Å². The highest BCUT2D eigenvalue weighted by Crippen LogP contribution is 2.28. The van der Waals surface area contributed by atoms with Crippen molar-refractivity contribution in [3.8, 4) is 0 Å². The molecule has 1 amide bonds. The lowest BCUT2D eigenvalue weighted by Crippen LogP contribution is -2.13. The number of anilines is 1. The van der Waals surface area contributed by atoms with E-state index < -0.39 is 0 Å². The Morgan fingerprint density at radius 2 is 2.05 bits per heavy atom. The number of nitrogens with two attached hydrogens (primary N) is 1. The summed E-state index contributed by atoms with van der Waals surface area (Å²) in [5, 5.41) is 2.84. The van der Waals surface area contributed by atoms with Gasteiger partial charge in [0.05, 0.1) is 0 Å². The van der Waals surface area contributed by atoms with Gasteiger partial charge in [0.15, 0.2) is 0 Å². The maximum absolute atomic E-state index is 11.7. The van der Waals surface area contributed by atoms with E-state index in [0.29, 0.717) is 18.0 Å². The number of hydrogen-bond acceptors (Lipinski definition) is 3. The molecule has 4 nitrogen and oxygen atoms in total. The molecule has 0 saturated heterocycles. The average Bonchev–Trinajstić information content (AvgIpc) is 3.23. The molecule has 0 spiro atoms. The molecule has 0 unspecified atom stereocenters. The molecule has 1 aromatic rings. The zero-order valence-electron chi connectivity index (χ0n) is 11.4. The van der Waals surface area contributed by atoms with Crippen LogP contribution in [0.5, 0.6) is 0 Å². The normalized spacial score (nSPS) is 14.0. The van der Waals surface area contributed by atoms with Crippen LogP contribution in [-0.2, 0) is 9.53 Å². The van der Waals surface area contributed by atoms with Gasteiger partial charge in [-0.2, -0.15) is 0 Å². The molecule has 0 radical (unpaired) electrons. The molecule has 0 heterocycles. The van der Waals surface area contributed by atoms with Crippen LogP contribution in [0.2, 0.25) is 0 Å². The van der Waals surface area contributed by atoms with E-state index in [9.17, 15) is 4.79 Å². The first-order valence-electron chi connectivity index (χ1n) is 6.92. The van der Waals surface area contributed by atoms with Crippen molar-refractivity contribution >= 4 is 28.8 Å². The minimum atomic E-state index is 0.00287. The van der Waals surface area contributed by atoms with Crippen molar-refractivity contribution in [2.24, 2.45) is 11.7 Å². The highest BCUT2D eigenvalue weighted by Gasteiger charge is 2.20. The Labute approximate surface area is 124 Å². The van der Waals surface area contributed by atoms with Gasteiger partial charge in [0, 0.05) is 30.9 Å². The van der Waals surface area contributed by atoms with Crippen molar-refractivity contribution in [2.75, 3.05) is 18.5 Å². The van der Waals surface area contributed by atoms with Gasteiger partial charge in [0.25, 0.3) is 0 Å². The fraction of sp³-hybridized carbons (Fsp3) is 0.467. The third-order valence-electron chi connectivity index (χ3n) is 3.20. The van der Waals surface area contributed by atoms with Crippen molar-refractivity contribution in [1.82, 2.24) is 0 Å². The van der Waals surface area contributed by atoms with Crippen LogP contribution in [0.25, 0.3) is 0 Å². The monoisotopic (exact) mass is 292 g/mol. The third-order valence-corrected chi connectivity index (χ3v) is 3.43. The van der Waals surface area contributed by atoms with E-state index in [1.165, 1.54) is 12.8 Å². The molecular formula is C15H20N2O2S. The van der Waals surface area contributed by atoms with Crippen LogP contribution >= 0.6 is 12.2 Å². The van der Waals surface area contributed by atoms with Crippen LogP contribution in [0.3, 0.4) is 0 Å². The lowest BCUT2D eigenvalue weighted by atomic mass is 10.2. The number of ether oxygens (including phenoxy) is 1. The molecule has 0 aliphatic heterocycles. The fourth-order valence-electron chi connectivity index (χ4n) is 1.81. The van der Waals surface area contributed by atoms with E-state index in [2.05, 4.69) is 5.32 Å². The maximum Gasteiger partial charge on any atom is 0.224 e. The Balaban J connectivity index is 1.63. The van der Waals surface area contributed by atoms with Gasteiger partial charge in [-0.1, -0.05) is 12.2 Å². The molecule has 108 valence electrons. The molecule has 20 heavy (non-hydrogen) atoms. The summed E-state index contributed by atoms with van der Waals surface area (Å²) in [4.78, 5) is 12.1. The quantitative estimate of drug-likeness (QED) is 0.570. The van der Waals surface area contributed by atoms with Gasteiger partial charge in [-0.15, -0.1) is 0 Å². The molecule has 3 N–H and O–H groups in total. The summed E-state index contributed by atoms with van der Waals surface area (Å²) in [6.45, 7) is 1.51. The number of carbonyl (C=O) groups is 1. The lowest BCUT2D eigenvalue weighted by molar-refractivity contribution is -0.116. The van der Waals surface area contributed by atoms with Crippen molar-refractivity contribution in [3.05, 3.63) is 29.8 Å². The number of amides is 1. The molecule has 5 heteroatoms. The van der Waals surface area contributed by atoms with Crippen LogP contribution in [0, 0.1) is 5.92 Å². The molecule has 1 aliphatic carbocycles. The summed E-state index contributed by atoms with van der Waals surface area (Å²) in [6, 6.07) is 7.21. The Morgan fingerprint density at radius 1 is 1.35 bits per heavy atom. The topological polar surface area (TPSA) is 64.3 Å². The minimum Gasteiger partial charge on any atom is -0.389 e. The van der Waals surface area contributed by atoms with Gasteiger partial charge < -0.3 is 15.8 Å². The largest absolute Gasteiger partial charge is 0.389 e. The summed E-state index contributed by atoms with van der Waals surface area (Å²) >= 11 is 4.87. The van der Waals surface area contributed by atoms with E-state index in [-0.39, 0.29) is 5.91 Å². The summed E-state index contributed by atoms with van der Waals surface area (Å²) in [5.41, 5.74) is 7.07. The van der Waals surface area contributed by atoms with E-state index >= 15 is 0 Å². The molecule has 0 aromatic heterocycles. The van der Waals surface area contributed by atoms with Gasteiger partial charge in [-0.25, -0.2) is 0 Å². The minimum absolute atomic E-state index is 0.00287. The molecule has 0 bridgehead atoms. The molecule has 1 aliphatic rings. The smallest absolute Gasteiger partial charge is 0.224 e. The molecule has 2 rings (SSSR count). The molecule has 1 saturated carbocycles. The second kappa shape index (κ2) is 7.36. The zero-order valence-corrected chi connectivity index (χ0v) is 12.2. The number of hydrogen-bond donors (Lipinski definition) is 2. The van der Waals surface area contributed by atoms with Crippen LogP contribution in [0.1, 0.15) is 31.2 Å². The van der Waals surface area contributed by atoms with Gasteiger partial charge in [0.2, 0.25) is 5.91 Å². The third kappa shape index (κ3) is 5.27. The number of nitrogens with one attached hydrogen (secondary N) is 1. The SMILES string of the molecule is NC(=S)c1ccc(NC(=O)CCCOCC2CC2)cc1. The zero-order chi connectivity index (χ0) is 14.4. The number of thiocarbonyl (C=S) groups is 1. The van der Waals surface area contributed by atoms with Gasteiger partial charge in [-0.3, -0.25) is 4.79 Å². The van der Waals surface area contributed by atoms with Crippen LogP contribution in [0.15, 0.2) is 24.3 Å².